The van der Waals surface area contributed by atoms with Gasteiger partial charge in [0, 0.05) is 11.1 Å². The van der Waals surface area contributed by atoms with Crippen molar-refractivity contribution in [2.24, 2.45) is 35.5 Å². The van der Waals surface area contributed by atoms with Crippen LogP contribution in [0, 0.1) is 35.5 Å². The highest BCUT2D eigenvalue weighted by atomic mass is 15.3. The van der Waals surface area contributed by atoms with E-state index in [2.05, 4.69) is 104 Å². The fourth-order valence-electron chi connectivity index (χ4n) is 7.48. The first-order valence-corrected chi connectivity index (χ1v) is 12.3. The zero-order valence-electron chi connectivity index (χ0n) is 20.8. The molecule has 6 unspecified atom stereocenters. The zero-order valence-corrected chi connectivity index (χ0v) is 20.8. The van der Waals surface area contributed by atoms with Crippen LogP contribution in [-0.4, -0.2) is 17.5 Å². The summed E-state index contributed by atoms with van der Waals surface area (Å²) in [5.41, 5.74) is 3.39. The van der Waals surface area contributed by atoms with Crippen LogP contribution in [0.4, 0.5) is 0 Å². The van der Waals surface area contributed by atoms with Crippen molar-refractivity contribution in [1.82, 2.24) is 4.90 Å². The second-order valence-corrected chi connectivity index (χ2v) is 11.3. The third kappa shape index (κ3) is 2.77. The second-order valence-electron chi connectivity index (χ2n) is 11.3. The standard InChI is InChI=1S/C29H43N/c1-18-14-16-26-25-13-11-10-12-24(25)15-17-27(26)28(18,7)30(9)29(8)22(5)20(3)19(2)21(4)23(29)6/h10-13,15,17-23H,14,16H2,1-9H3. The number of fused-ring (bicyclic) bond motifs is 3. The summed E-state index contributed by atoms with van der Waals surface area (Å²) in [6.07, 6.45) is 2.47. The number of benzene rings is 2. The summed E-state index contributed by atoms with van der Waals surface area (Å²) in [7, 11) is 2.45. The molecule has 0 saturated heterocycles. The molecule has 0 N–H and O–H groups in total. The number of aryl methyl sites for hydroxylation is 1. The lowest BCUT2D eigenvalue weighted by Crippen LogP contribution is -2.67. The van der Waals surface area contributed by atoms with Crippen LogP contribution in [0.15, 0.2) is 36.4 Å². The SMILES string of the molecule is CC1C(C)C(C)C(C)(N(C)C2(C)c3ccc4ccccc4c3CCC2C)C(C)C1C. The van der Waals surface area contributed by atoms with Crippen LogP contribution in [0.3, 0.4) is 0 Å². The molecule has 0 spiro atoms. The van der Waals surface area contributed by atoms with Crippen molar-refractivity contribution in [3.63, 3.8) is 0 Å². The van der Waals surface area contributed by atoms with Crippen molar-refractivity contribution in [2.45, 2.75) is 79.3 Å². The molecule has 6 atom stereocenters. The van der Waals surface area contributed by atoms with Gasteiger partial charge in [-0.3, -0.25) is 4.90 Å². The molecule has 0 radical (unpaired) electrons. The van der Waals surface area contributed by atoms with Crippen molar-refractivity contribution < 1.29 is 0 Å². The molecular formula is C29H43N. The molecule has 2 aliphatic carbocycles. The summed E-state index contributed by atoms with van der Waals surface area (Å²) in [5, 5.41) is 2.85. The van der Waals surface area contributed by atoms with Gasteiger partial charge in [-0.15, -0.1) is 0 Å². The number of hydrogen-bond donors (Lipinski definition) is 0. The maximum Gasteiger partial charge on any atom is 0.0463 e. The summed E-state index contributed by atoms with van der Waals surface area (Å²) in [4.78, 5) is 2.84. The molecule has 1 nitrogen and oxygen atoms in total. The molecule has 164 valence electrons. The molecule has 2 aromatic carbocycles. The first-order valence-electron chi connectivity index (χ1n) is 12.3. The third-order valence-corrected chi connectivity index (χ3v) is 10.9. The van der Waals surface area contributed by atoms with Gasteiger partial charge in [-0.2, -0.15) is 0 Å². The Morgan fingerprint density at radius 2 is 1.40 bits per heavy atom. The topological polar surface area (TPSA) is 3.24 Å². The Hall–Kier alpha value is -1.34. The van der Waals surface area contributed by atoms with Crippen LogP contribution < -0.4 is 0 Å². The maximum atomic E-state index is 2.84. The predicted molar refractivity (Wildman–Crippen MR) is 131 cm³/mol. The lowest BCUT2D eigenvalue weighted by Gasteiger charge is -2.63. The largest absolute Gasteiger partial charge is 0.291 e. The Morgan fingerprint density at radius 3 is 2.03 bits per heavy atom. The van der Waals surface area contributed by atoms with Crippen molar-refractivity contribution >= 4 is 10.8 Å². The molecule has 1 saturated carbocycles. The van der Waals surface area contributed by atoms with Crippen LogP contribution in [0.25, 0.3) is 10.8 Å². The van der Waals surface area contributed by atoms with E-state index in [9.17, 15) is 0 Å². The molecule has 1 fully saturated rings. The Morgan fingerprint density at radius 1 is 0.800 bits per heavy atom. The molecule has 30 heavy (non-hydrogen) atoms. The van der Waals surface area contributed by atoms with E-state index in [0.29, 0.717) is 17.8 Å². The van der Waals surface area contributed by atoms with Crippen molar-refractivity contribution in [1.29, 1.82) is 0 Å². The van der Waals surface area contributed by atoms with Gasteiger partial charge in [0.05, 0.1) is 0 Å². The van der Waals surface area contributed by atoms with E-state index in [-0.39, 0.29) is 11.1 Å². The van der Waals surface area contributed by atoms with Gasteiger partial charge in [0.15, 0.2) is 0 Å². The molecule has 2 aliphatic rings. The van der Waals surface area contributed by atoms with E-state index in [1.807, 2.05) is 0 Å². The summed E-state index contributed by atoms with van der Waals surface area (Å²) in [5.74, 6) is 4.23. The Balaban J connectivity index is 1.88. The van der Waals surface area contributed by atoms with Gasteiger partial charge in [-0.1, -0.05) is 77.9 Å². The normalized spacial score (nSPS) is 41.8. The Labute approximate surface area is 185 Å². The minimum Gasteiger partial charge on any atom is -0.291 e. The van der Waals surface area contributed by atoms with Crippen molar-refractivity contribution in [3.8, 4) is 0 Å². The minimum atomic E-state index is 0.0505. The monoisotopic (exact) mass is 405 g/mol. The third-order valence-electron chi connectivity index (χ3n) is 10.9. The number of nitrogens with zero attached hydrogens (tertiary/aromatic N) is 1. The average molecular weight is 406 g/mol. The van der Waals surface area contributed by atoms with E-state index in [4.69, 9.17) is 0 Å². The van der Waals surface area contributed by atoms with Crippen LogP contribution in [0.2, 0.25) is 0 Å². The lowest BCUT2D eigenvalue weighted by atomic mass is 9.54. The zero-order chi connectivity index (χ0) is 22.0. The first kappa shape index (κ1) is 21.9. The molecular weight excluding hydrogens is 362 g/mol. The van der Waals surface area contributed by atoms with Gasteiger partial charge in [-0.25, -0.2) is 0 Å². The molecule has 0 aromatic heterocycles. The van der Waals surface area contributed by atoms with Gasteiger partial charge >= 0.3 is 0 Å². The summed E-state index contributed by atoms with van der Waals surface area (Å²) in [6.45, 7) is 20.1. The van der Waals surface area contributed by atoms with Crippen LogP contribution in [-0.2, 0) is 12.0 Å². The fourth-order valence-corrected chi connectivity index (χ4v) is 7.48. The quantitative estimate of drug-likeness (QED) is 0.499. The highest BCUT2D eigenvalue weighted by molar-refractivity contribution is 5.87. The Kier molecular flexibility index (Phi) is 5.37. The lowest BCUT2D eigenvalue weighted by molar-refractivity contribution is -0.136. The van der Waals surface area contributed by atoms with Crippen LogP contribution >= 0.6 is 0 Å². The second kappa shape index (κ2) is 7.37. The molecule has 0 heterocycles. The number of hydrogen-bond acceptors (Lipinski definition) is 1. The van der Waals surface area contributed by atoms with Gasteiger partial charge in [-0.05, 0) is 91.1 Å². The van der Waals surface area contributed by atoms with E-state index in [1.54, 1.807) is 11.1 Å². The van der Waals surface area contributed by atoms with Crippen molar-refractivity contribution in [2.75, 3.05) is 7.05 Å². The Bertz CT molecular complexity index is 913. The highest BCUT2D eigenvalue weighted by Crippen LogP contribution is 2.56. The van der Waals surface area contributed by atoms with Gasteiger partial charge in [0.25, 0.3) is 0 Å². The summed E-state index contributed by atoms with van der Waals surface area (Å²) < 4.78 is 0. The number of rotatable bonds is 2. The van der Waals surface area contributed by atoms with Crippen LogP contribution in [0.1, 0.15) is 72.9 Å². The molecule has 0 bridgehead atoms. The maximum absolute atomic E-state index is 2.84. The van der Waals surface area contributed by atoms with E-state index in [0.717, 1.165) is 17.8 Å². The van der Waals surface area contributed by atoms with E-state index < -0.39 is 0 Å². The molecule has 0 aliphatic heterocycles. The summed E-state index contributed by atoms with van der Waals surface area (Å²) >= 11 is 0. The molecule has 2 aromatic rings. The van der Waals surface area contributed by atoms with E-state index in [1.165, 1.54) is 23.6 Å². The molecule has 1 heteroatoms. The first-order chi connectivity index (χ1) is 14.1. The van der Waals surface area contributed by atoms with Gasteiger partial charge in [0.2, 0.25) is 0 Å². The summed E-state index contributed by atoms with van der Waals surface area (Å²) in [6, 6.07) is 13.8. The molecule has 0 amide bonds. The van der Waals surface area contributed by atoms with Crippen LogP contribution in [0.5, 0.6) is 0 Å². The smallest absolute Gasteiger partial charge is 0.0463 e. The average Bonchev–Trinajstić information content (AvgIpc) is 2.76. The fraction of sp³-hybridized carbons (Fsp3) is 0.655. The highest BCUT2D eigenvalue weighted by Gasteiger charge is 2.56. The van der Waals surface area contributed by atoms with Gasteiger partial charge in [0.1, 0.15) is 0 Å². The van der Waals surface area contributed by atoms with E-state index >= 15 is 0 Å². The van der Waals surface area contributed by atoms with Crippen molar-refractivity contribution in [3.05, 3.63) is 47.5 Å². The molecule has 4 rings (SSSR count). The minimum absolute atomic E-state index is 0.0505. The van der Waals surface area contributed by atoms with Gasteiger partial charge < -0.3 is 0 Å². The predicted octanol–water partition coefficient (Wildman–Crippen LogP) is 7.52.